The number of rotatable bonds is 6. The summed E-state index contributed by atoms with van der Waals surface area (Å²) in [6.45, 7) is 3.69. The van der Waals surface area contributed by atoms with E-state index in [0.29, 0.717) is 54.1 Å². The van der Waals surface area contributed by atoms with Crippen LogP contribution >= 0.6 is 0 Å². The molecule has 0 aliphatic heterocycles. The fourth-order valence-corrected chi connectivity index (χ4v) is 2.81. The van der Waals surface area contributed by atoms with E-state index in [4.69, 9.17) is 35.7 Å². The van der Waals surface area contributed by atoms with Gasteiger partial charge in [0.2, 0.25) is 0 Å². The zero-order chi connectivity index (χ0) is 24.9. The number of anilines is 1. The molecule has 5 N–H and O–H groups in total. The first-order chi connectivity index (χ1) is 16.2. The second-order valence-corrected chi connectivity index (χ2v) is 7.18. The molecule has 11 nitrogen and oxygen atoms in total. The Hall–Kier alpha value is -3.86. The Labute approximate surface area is 191 Å². The van der Waals surface area contributed by atoms with Gasteiger partial charge in [-0.15, -0.1) is 0 Å². The highest BCUT2D eigenvalue weighted by atomic mass is 19.4. The molecular formula is C20H22F3N7O4. The van der Waals surface area contributed by atoms with E-state index in [0.717, 1.165) is 24.8 Å². The van der Waals surface area contributed by atoms with Crippen LogP contribution in [0.15, 0.2) is 10.8 Å². The predicted octanol–water partition coefficient (Wildman–Crippen LogP) is 2.21. The monoisotopic (exact) mass is 481 g/mol. The molecule has 34 heavy (non-hydrogen) atoms. The Balaban J connectivity index is 0.000000406. The normalized spacial score (nSPS) is 13.1. The van der Waals surface area contributed by atoms with Gasteiger partial charge in [-0.1, -0.05) is 5.92 Å². The SMILES string of the molecule is CCn1c(-c2nonc2N)nc2c(C#CC3CC3)ncc(OCCCN)c21.O=C(O)C(F)(F)F. The summed E-state index contributed by atoms with van der Waals surface area (Å²) < 4.78 is 44.4. The molecule has 0 bridgehead atoms. The van der Waals surface area contributed by atoms with Gasteiger partial charge in [-0.3, -0.25) is 0 Å². The Morgan fingerprint density at radius 2 is 2.09 bits per heavy atom. The number of halogens is 3. The Bertz CT molecular complexity index is 1220. The molecule has 0 spiro atoms. The predicted molar refractivity (Wildman–Crippen MR) is 113 cm³/mol. The third-order valence-electron chi connectivity index (χ3n) is 4.60. The summed E-state index contributed by atoms with van der Waals surface area (Å²) in [4.78, 5) is 18.1. The van der Waals surface area contributed by atoms with Crippen LogP contribution in [0.3, 0.4) is 0 Å². The van der Waals surface area contributed by atoms with Crippen LogP contribution in [0.5, 0.6) is 5.75 Å². The number of imidazole rings is 1. The maximum absolute atomic E-state index is 10.6. The van der Waals surface area contributed by atoms with Crippen molar-refractivity contribution >= 4 is 22.8 Å². The number of fused-ring (bicyclic) bond motifs is 1. The molecule has 3 aromatic rings. The van der Waals surface area contributed by atoms with Crippen LogP contribution in [0.25, 0.3) is 22.6 Å². The van der Waals surface area contributed by atoms with E-state index in [-0.39, 0.29) is 5.82 Å². The molecule has 1 aliphatic rings. The van der Waals surface area contributed by atoms with Crippen molar-refractivity contribution in [3.05, 3.63) is 11.9 Å². The highest BCUT2D eigenvalue weighted by Gasteiger charge is 2.38. The zero-order valence-corrected chi connectivity index (χ0v) is 18.1. The molecule has 1 fully saturated rings. The van der Waals surface area contributed by atoms with Crippen LogP contribution < -0.4 is 16.2 Å². The van der Waals surface area contributed by atoms with E-state index >= 15 is 0 Å². The van der Waals surface area contributed by atoms with Crippen molar-refractivity contribution < 1.29 is 32.4 Å². The molecule has 0 aromatic carbocycles. The first kappa shape index (κ1) is 24.8. The Morgan fingerprint density at radius 1 is 1.38 bits per heavy atom. The van der Waals surface area contributed by atoms with E-state index in [9.17, 15) is 13.2 Å². The average molecular weight is 481 g/mol. The van der Waals surface area contributed by atoms with E-state index in [1.54, 1.807) is 6.20 Å². The maximum atomic E-state index is 10.6. The van der Waals surface area contributed by atoms with E-state index in [1.165, 1.54) is 0 Å². The van der Waals surface area contributed by atoms with E-state index in [1.807, 2.05) is 11.5 Å². The number of aliphatic carboxylic acids is 1. The number of hydrogen-bond donors (Lipinski definition) is 3. The van der Waals surface area contributed by atoms with Gasteiger partial charge in [-0.05, 0) is 49.0 Å². The minimum atomic E-state index is -5.08. The number of aromatic nitrogens is 5. The van der Waals surface area contributed by atoms with Gasteiger partial charge < -0.3 is 25.9 Å². The molecule has 0 amide bonds. The summed E-state index contributed by atoms with van der Waals surface area (Å²) in [5.74, 6) is 5.48. The van der Waals surface area contributed by atoms with E-state index < -0.39 is 12.1 Å². The largest absolute Gasteiger partial charge is 0.490 e. The van der Waals surface area contributed by atoms with Gasteiger partial charge in [-0.25, -0.2) is 19.4 Å². The molecule has 0 saturated heterocycles. The van der Waals surface area contributed by atoms with Crippen molar-refractivity contribution in [1.29, 1.82) is 0 Å². The Kier molecular flexibility index (Phi) is 7.57. The number of nitrogen functional groups attached to an aromatic ring is 1. The van der Waals surface area contributed by atoms with Crippen molar-refractivity contribution in [2.24, 2.45) is 11.7 Å². The quantitative estimate of drug-likeness (QED) is 0.350. The standard InChI is InChI=1S/C18H21N7O2.C2HF3O2/c1-2-25-16-13(26-9-3-8-19)10-21-12(7-6-11-4-5-11)14(16)22-18(25)15-17(20)24-27-23-15;3-2(4,5)1(6)7/h10-11H,2-5,8-9,19H2,1H3,(H2,20,24);(H,6,7). The lowest BCUT2D eigenvalue weighted by Gasteiger charge is -2.10. The van der Waals surface area contributed by atoms with Crippen LogP contribution in [-0.4, -0.2) is 55.3 Å². The molecule has 3 heterocycles. The molecule has 14 heteroatoms. The van der Waals surface area contributed by atoms with Crippen LogP contribution in [0.1, 0.15) is 31.9 Å². The summed E-state index contributed by atoms with van der Waals surface area (Å²) in [6.07, 6.45) is -0.353. The summed E-state index contributed by atoms with van der Waals surface area (Å²) in [7, 11) is 0. The third kappa shape index (κ3) is 5.73. The molecule has 0 radical (unpaired) electrons. The van der Waals surface area contributed by atoms with Crippen molar-refractivity contribution in [2.75, 3.05) is 18.9 Å². The molecule has 0 unspecified atom stereocenters. The van der Waals surface area contributed by atoms with Gasteiger partial charge in [-0.2, -0.15) is 13.2 Å². The third-order valence-corrected chi connectivity index (χ3v) is 4.60. The molecule has 0 atom stereocenters. The second-order valence-electron chi connectivity index (χ2n) is 7.18. The lowest BCUT2D eigenvalue weighted by molar-refractivity contribution is -0.192. The van der Waals surface area contributed by atoms with Gasteiger partial charge in [0.25, 0.3) is 0 Å². The molecule has 1 saturated carbocycles. The number of carboxylic acid groups (broad SMARTS) is 1. The van der Waals surface area contributed by atoms with Crippen molar-refractivity contribution in [3.63, 3.8) is 0 Å². The fraction of sp³-hybridized carbons (Fsp3) is 0.450. The van der Waals surface area contributed by atoms with Gasteiger partial charge in [0.15, 0.2) is 23.1 Å². The number of nitrogens with two attached hydrogens (primary N) is 2. The number of hydrogen-bond acceptors (Lipinski definition) is 9. The van der Waals surface area contributed by atoms with Crippen molar-refractivity contribution in [1.82, 2.24) is 24.8 Å². The molecule has 3 aromatic heterocycles. The lowest BCUT2D eigenvalue weighted by atomic mass is 10.2. The van der Waals surface area contributed by atoms with Gasteiger partial charge in [0.05, 0.1) is 12.8 Å². The summed E-state index contributed by atoms with van der Waals surface area (Å²) in [5, 5.41) is 14.7. The van der Waals surface area contributed by atoms with E-state index in [2.05, 4.69) is 27.1 Å². The highest BCUT2D eigenvalue weighted by molar-refractivity contribution is 5.89. The van der Waals surface area contributed by atoms with Crippen molar-refractivity contribution in [3.8, 4) is 29.1 Å². The van der Waals surface area contributed by atoms with Crippen LogP contribution in [0.2, 0.25) is 0 Å². The minimum absolute atomic E-state index is 0.184. The zero-order valence-electron chi connectivity index (χ0n) is 18.1. The molecule has 182 valence electrons. The summed E-state index contributed by atoms with van der Waals surface area (Å²) in [5.41, 5.74) is 13.9. The molecular weight excluding hydrogens is 459 g/mol. The molecule has 4 rings (SSSR count). The number of carbonyl (C=O) groups is 1. The lowest BCUT2D eigenvalue weighted by Crippen LogP contribution is -2.21. The van der Waals surface area contributed by atoms with Crippen LogP contribution in [0, 0.1) is 17.8 Å². The first-order valence-electron chi connectivity index (χ1n) is 10.3. The highest BCUT2D eigenvalue weighted by Crippen LogP contribution is 2.33. The number of ether oxygens (including phenoxy) is 1. The first-order valence-corrected chi connectivity index (χ1v) is 10.3. The van der Waals surface area contributed by atoms with Gasteiger partial charge >= 0.3 is 12.1 Å². The average Bonchev–Trinajstić information content (AvgIpc) is 3.39. The summed E-state index contributed by atoms with van der Waals surface area (Å²) in [6, 6.07) is 0. The van der Waals surface area contributed by atoms with Crippen LogP contribution in [-0.2, 0) is 11.3 Å². The van der Waals surface area contributed by atoms with Gasteiger partial charge in [0, 0.05) is 12.5 Å². The van der Waals surface area contributed by atoms with Crippen LogP contribution in [0.4, 0.5) is 19.0 Å². The summed E-state index contributed by atoms with van der Waals surface area (Å²) >= 11 is 0. The second kappa shape index (κ2) is 10.4. The van der Waals surface area contributed by atoms with Crippen molar-refractivity contribution in [2.45, 2.75) is 38.9 Å². The maximum Gasteiger partial charge on any atom is 0.490 e. The smallest absolute Gasteiger partial charge is 0.490 e. The number of aryl methyl sites for hydroxylation is 1. The molecule has 1 aliphatic carbocycles. The van der Waals surface area contributed by atoms with Gasteiger partial charge in [0.1, 0.15) is 16.7 Å². The number of pyridine rings is 1. The number of alkyl halides is 3. The fourth-order valence-electron chi connectivity index (χ4n) is 2.81. The number of nitrogens with zero attached hydrogens (tertiary/aromatic N) is 5. The minimum Gasteiger partial charge on any atom is -0.490 e. The topological polar surface area (TPSA) is 168 Å². The Morgan fingerprint density at radius 3 is 2.62 bits per heavy atom. The number of carboxylic acids is 1.